The Morgan fingerprint density at radius 3 is 2.67 bits per heavy atom. The Kier molecular flexibility index (Phi) is 5.26. The molecule has 0 spiro atoms. The monoisotopic (exact) mass is 324 g/mol. The molecule has 2 aromatic rings. The van der Waals surface area contributed by atoms with E-state index in [-0.39, 0.29) is 17.2 Å². The maximum atomic E-state index is 10.9. The molecule has 0 aliphatic heterocycles. The summed E-state index contributed by atoms with van der Waals surface area (Å²) in [6.45, 7) is 0. The summed E-state index contributed by atoms with van der Waals surface area (Å²) in [6, 6.07) is 12.1. The quantitative estimate of drug-likeness (QED) is 0.265. The summed E-state index contributed by atoms with van der Waals surface area (Å²) in [6.07, 6.45) is 1.80. The molecule has 0 heterocycles. The maximum Gasteiger partial charge on any atom is 0.270 e. The SMILES string of the molecule is COc1cc(C=O)ccc1OC(=CC#N)c1cccc([N+](=O)[O-])c1. The molecule has 0 N–H and O–H groups in total. The van der Waals surface area contributed by atoms with Crippen LogP contribution in [-0.2, 0) is 0 Å². The number of ether oxygens (including phenoxy) is 2. The number of allylic oxidation sites excluding steroid dienone is 1. The number of methoxy groups -OCH3 is 1. The molecule has 2 rings (SSSR count). The predicted octanol–water partition coefficient (Wildman–Crippen LogP) is 3.36. The van der Waals surface area contributed by atoms with Gasteiger partial charge in [0.1, 0.15) is 12.0 Å². The number of carbonyl (C=O) groups excluding carboxylic acids is 1. The summed E-state index contributed by atoms with van der Waals surface area (Å²) in [4.78, 5) is 21.2. The number of hydrogen-bond acceptors (Lipinski definition) is 6. The van der Waals surface area contributed by atoms with Gasteiger partial charge in [0.2, 0.25) is 0 Å². The minimum Gasteiger partial charge on any atom is -0.493 e. The van der Waals surface area contributed by atoms with Gasteiger partial charge in [-0.25, -0.2) is 0 Å². The third-order valence-corrected chi connectivity index (χ3v) is 3.08. The molecule has 0 aliphatic carbocycles. The Bertz CT molecular complexity index is 852. The third kappa shape index (κ3) is 3.75. The van der Waals surface area contributed by atoms with E-state index < -0.39 is 4.92 Å². The molecule has 0 atom stereocenters. The van der Waals surface area contributed by atoms with Gasteiger partial charge in [-0.05, 0) is 18.2 Å². The fourth-order valence-corrected chi connectivity index (χ4v) is 1.96. The number of hydrogen-bond donors (Lipinski definition) is 0. The Hall–Kier alpha value is -3.66. The van der Waals surface area contributed by atoms with E-state index in [1.54, 1.807) is 6.07 Å². The Labute approximate surface area is 137 Å². The molecule has 0 aliphatic rings. The van der Waals surface area contributed by atoms with Crippen molar-refractivity contribution in [1.82, 2.24) is 0 Å². The third-order valence-electron chi connectivity index (χ3n) is 3.08. The van der Waals surface area contributed by atoms with Crippen LogP contribution in [-0.4, -0.2) is 18.3 Å². The van der Waals surface area contributed by atoms with Crippen LogP contribution in [0.5, 0.6) is 11.5 Å². The molecule has 0 aromatic heterocycles. The lowest BCUT2D eigenvalue weighted by atomic mass is 10.1. The molecule has 0 unspecified atom stereocenters. The van der Waals surface area contributed by atoms with E-state index in [4.69, 9.17) is 14.7 Å². The summed E-state index contributed by atoms with van der Waals surface area (Å²) in [5.41, 5.74) is 0.649. The first-order valence-electron chi connectivity index (χ1n) is 6.74. The van der Waals surface area contributed by atoms with Crippen molar-refractivity contribution in [3.8, 4) is 17.6 Å². The van der Waals surface area contributed by atoms with Crippen LogP contribution in [0, 0.1) is 21.4 Å². The topological polar surface area (TPSA) is 102 Å². The van der Waals surface area contributed by atoms with Crippen LogP contribution in [0.1, 0.15) is 15.9 Å². The Balaban J connectivity index is 2.42. The minimum absolute atomic E-state index is 0.122. The fourth-order valence-electron chi connectivity index (χ4n) is 1.96. The van der Waals surface area contributed by atoms with Crippen molar-refractivity contribution in [2.45, 2.75) is 0 Å². The summed E-state index contributed by atoms with van der Waals surface area (Å²) in [5, 5.41) is 19.8. The molecule has 2 aromatic carbocycles. The molecule has 24 heavy (non-hydrogen) atoms. The molecule has 0 fully saturated rings. The van der Waals surface area contributed by atoms with Gasteiger partial charge in [-0.2, -0.15) is 5.26 Å². The van der Waals surface area contributed by atoms with Crippen molar-refractivity contribution in [3.05, 3.63) is 69.8 Å². The number of carbonyl (C=O) groups is 1. The first-order chi connectivity index (χ1) is 11.6. The van der Waals surface area contributed by atoms with Gasteiger partial charge in [-0.15, -0.1) is 0 Å². The minimum atomic E-state index is -0.535. The highest BCUT2D eigenvalue weighted by Crippen LogP contribution is 2.32. The van der Waals surface area contributed by atoms with Gasteiger partial charge in [0.25, 0.3) is 5.69 Å². The molecule has 120 valence electrons. The molecule has 0 amide bonds. The highest BCUT2D eigenvalue weighted by Gasteiger charge is 2.13. The zero-order valence-electron chi connectivity index (χ0n) is 12.6. The van der Waals surface area contributed by atoms with E-state index in [2.05, 4.69) is 0 Å². The van der Waals surface area contributed by atoms with Crippen LogP contribution in [0.3, 0.4) is 0 Å². The summed E-state index contributed by atoms with van der Waals surface area (Å²) in [5.74, 6) is 0.698. The zero-order chi connectivity index (χ0) is 17.5. The standard InChI is InChI=1S/C17H12N2O5/c1-23-17-9-12(11-20)5-6-16(17)24-15(7-8-18)13-3-2-4-14(10-13)19(21)22/h2-7,9-11H,1H3. The second-order valence-corrected chi connectivity index (χ2v) is 4.58. The van der Waals surface area contributed by atoms with Gasteiger partial charge in [-0.1, -0.05) is 12.1 Å². The first-order valence-corrected chi connectivity index (χ1v) is 6.74. The number of nitro groups is 1. The maximum absolute atomic E-state index is 10.9. The zero-order valence-corrected chi connectivity index (χ0v) is 12.6. The number of nitriles is 1. The number of benzene rings is 2. The number of aldehydes is 1. The van der Waals surface area contributed by atoms with E-state index in [9.17, 15) is 14.9 Å². The van der Waals surface area contributed by atoms with Gasteiger partial charge in [0.15, 0.2) is 11.5 Å². The van der Waals surface area contributed by atoms with Crippen molar-refractivity contribution < 1.29 is 19.2 Å². The molecule has 0 radical (unpaired) electrons. The van der Waals surface area contributed by atoms with Crippen molar-refractivity contribution >= 4 is 17.7 Å². The largest absolute Gasteiger partial charge is 0.493 e. The lowest BCUT2D eigenvalue weighted by Crippen LogP contribution is -1.99. The van der Waals surface area contributed by atoms with Crippen molar-refractivity contribution in [2.75, 3.05) is 7.11 Å². The number of nitrogens with zero attached hydrogens (tertiary/aromatic N) is 2. The van der Waals surface area contributed by atoms with Crippen molar-refractivity contribution in [1.29, 1.82) is 5.26 Å². The van der Waals surface area contributed by atoms with Gasteiger partial charge in [-0.3, -0.25) is 14.9 Å². The van der Waals surface area contributed by atoms with Gasteiger partial charge >= 0.3 is 0 Å². The molecular formula is C17H12N2O5. The first kappa shape index (κ1) is 16.7. The summed E-state index contributed by atoms with van der Waals surface area (Å²) < 4.78 is 10.8. The van der Waals surface area contributed by atoms with Crippen LogP contribution in [0.2, 0.25) is 0 Å². The Morgan fingerprint density at radius 2 is 2.04 bits per heavy atom. The lowest BCUT2D eigenvalue weighted by molar-refractivity contribution is -0.384. The number of non-ortho nitro benzene ring substituents is 1. The van der Waals surface area contributed by atoms with Crippen molar-refractivity contribution in [2.24, 2.45) is 0 Å². The highest BCUT2D eigenvalue weighted by molar-refractivity contribution is 5.77. The normalized spacial score (nSPS) is 10.6. The molecule has 7 nitrogen and oxygen atoms in total. The van der Waals surface area contributed by atoms with Crippen LogP contribution < -0.4 is 9.47 Å². The van der Waals surface area contributed by atoms with Crippen LogP contribution in [0.4, 0.5) is 5.69 Å². The number of rotatable bonds is 6. The van der Waals surface area contributed by atoms with Crippen LogP contribution >= 0.6 is 0 Å². The molecule has 7 heteroatoms. The number of nitro benzene ring substituents is 1. The molecule has 0 bridgehead atoms. The van der Waals surface area contributed by atoms with E-state index in [1.165, 1.54) is 43.5 Å². The van der Waals surface area contributed by atoms with Gasteiger partial charge in [0, 0.05) is 23.3 Å². The Morgan fingerprint density at radius 1 is 1.25 bits per heavy atom. The fraction of sp³-hybridized carbons (Fsp3) is 0.0588. The second kappa shape index (κ2) is 7.56. The summed E-state index contributed by atoms with van der Waals surface area (Å²) >= 11 is 0. The van der Waals surface area contributed by atoms with Crippen molar-refractivity contribution in [3.63, 3.8) is 0 Å². The van der Waals surface area contributed by atoms with Gasteiger partial charge < -0.3 is 9.47 Å². The van der Waals surface area contributed by atoms with E-state index in [1.807, 2.05) is 6.07 Å². The van der Waals surface area contributed by atoms with E-state index in [0.717, 1.165) is 6.08 Å². The van der Waals surface area contributed by atoms with E-state index >= 15 is 0 Å². The molecular weight excluding hydrogens is 312 g/mol. The average Bonchev–Trinajstić information content (AvgIpc) is 2.61. The van der Waals surface area contributed by atoms with Crippen LogP contribution in [0.25, 0.3) is 5.76 Å². The molecule has 0 saturated heterocycles. The predicted molar refractivity (Wildman–Crippen MR) is 85.7 cm³/mol. The molecule has 0 saturated carbocycles. The van der Waals surface area contributed by atoms with E-state index in [0.29, 0.717) is 23.2 Å². The highest BCUT2D eigenvalue weighted by atomic mass is 16.6. The lowest BCUT2D eigenvalue weighted by Gasteiger charge is -2.13. The smallest absolute Gasteiger partial charge is 0.270 e. The summed E-state index contributed by atoms with van der Waals surface area (Å²) in [7, 11) is 1.41. The second-order valence-electron chi connectivity index (χ2n) is 4.58. The van der Waals surface area contributed by atoms with Gasteiger partial charge in [0.05, 0.1) is 24.2 Å². The van der Waals surface area contributed by atoms with Crippen LogP contribution in [0.15, 0.2) is 48.5 Å². The average molecular weight is 324 g/mol.